The number of thiazole rings is 1. The van der Waals surface area contributed by atoms with Crippen molar-refractivity contribution < 1.29 is 14.5 Å². The van der Waals surface area contributed by atoms with Crippen molar-refractivity contribution in [3.63, 3.8) is 0 Å². The van der Waals surface area contributed by atoms with Gasteiger partial charge in [0.2, 0.25) is 0 Å². The lowest BCUT2D eigenvalue weighted by molar-refractivity contribution is -0.384. The van der Waals surface area contributed by atoms with Gasteiger partial charge >= 0.3 is 0 Å². The molecule has 0 radical (unpaired) electrons. The molecule has 4 rings (SSSR count). The molecule has 0 atom stereocenters. The van der Waals surface area contributed by atoms with Crippen molar-refractivity contribution in [2.45, 2.75) is 6.92 Å². The van der Waals surface area contributed by atoms with Gasteiger partial charge in [0.25, 0.3) is 17.5 Å². The van der Waals surface area contributed by atoms with Crippen LogP contribution in [0, 0.1) is 17.0 Å². The monoisotopic (exact) mass is 432 g/mol. The number of carbonyl (C=O) groups is 2. The molecule has 0 saturated carbocycles. The van der Waals surface area contributed by atoms with Crippen LogP contribution in [-0.4, -0.2) is 21.7 Å². The zero-order chi connectivity index (χ0) is 22.0. The van der Waals surface area contributed by atoms with E-state index < -0.39 is 10.8 Å². The molecule has 0 aliphatic heterocycles. The summed E-state index contributed by atoms with van der Waals surface area (Å²) in [5.41, 5.74) is 2.73. The molecule has 154 valence electrons. The minimum Gasteiger partial charge on any atom is -0.322 e. The molecule has 3 aromatic carbocycles. The summed E-state index contributed by atoms with van der Waals surface area (Å²) in [7, 11) is 0. The number of hydrogen-bond acceptors (Lipinski definition) is 6. The van der Waals surface area contributed by atoms with E-state index in [0.29, 0.717) is 32.2 Å². The Balaban J connectivity index is 1.53. The van der Waals surface area contributed by atoms with Crippen LogP contribution in [0.4, 0.5) is 16.5 Å². The summed E-state index contributed by atoms with van der Waals surface area (Å²) in [6.45, 7) is 1.84. The van der Waals surface area contributed by atoms with E-state index in [1.54, 1.807) is 48.5 Å². The van der Waals surface area contributed by atoms with E-state index in [9.17, 15) is 19.7 Å². The van der Waals surface area contributed by atoms with Gasteiger partial charge in [0.15, 0.2) is 5.13 Å². The van der Waals surface area contributed by atoms with E-state index in [1.807, 2.05) is 13.0 Å². The van der Waals surface area contributed by atoms with Gasteiger partial charge in [-0.05, 0) is 42.8 Å². The van der Waals surface area contributed by atoms with Crippen molar-refractivity contribution in [1.29, 1.82) is 0 Å². The van der Waals surface area contributed by atoms with Crippen LogP contribution in [0.15, 0.2) is 66.7 Å². The van der Waals surface area contributed by atoms with Crippen LogP contribution in [0.3, 0.4) is 0 Å². The minimum atomic E-state index is -0.477. The molecule has 2 amide bonds. The Morgan fingerprint density at radius 2 is 1.68 bits per heavy atom. The predicted molar refractivity (Wildman–Crippen MR) is 120 cm³/mol. The van der Waals surface area contributed by atoms with Gasteiger partial charge in [0.1, 0.15) is 0 Å². The van der Waals surface area contributed by atoms with Gasteiger partial charge in [-0.25, -0.2) is 4.98 Å². The van der Waals surface area contributed by atoms with Gasteiger partial charge in [-0.2, -0.15) is 0 Å². The lowest BCUT2D eigenvalue weighted by Crippen LogP contribution is -2.15. The number of carbonyl (C=O) groups excluding carboxylic acids is 2. The van der Waals surface area contributed by atoms with Gasteiger partial charge in [-0.15, -0.1) is 0 Å². The fraction of sp³-hybridized carbons (Fsp3) is 0.0455. The first-order chi connectivity index (χ1) is 14.9. The molecule has 1 heterocycles. The van der Waals surface area contributed by atoms with Crippen LogP contribution in [0.25, 0.3) is 10.2 Å². The smallest absolute Gasteiger partial charge is 0.270 e. The average Bonchev–Trinajstić information content (AvgIpc) is 3.17. The lowest BCUT2D eigenvalue weighted by Gasteiger charge is -2.10. The molecule has 0 aliphatic rings. The maximum Gasteiger partial charge on any atom is 0.270 e. The normalized spacial score (nSPS) is 10.6. The van der Waals surface area contributed by atoms with Crippen molar-refractivity contribution in [2.75, 3.05) is 10.6 Å². The number of hydrogen-bond donors (Lipinski definition) is 2. The number of fused-ring (bicyclic) bond motifs is 1. The first-order valence-electron chi connectivity index (χ1n) is 9.24. The van der Waals surface area contributed by atoms with Gasteiger partial charge in [0.05, 0.1) is 15.1 Å². The molecule has 0 fully saturated rings. The summed E-state index contributed by atoms with van der Waals surface area (Å²) < 4.78 is 0.601. The van der Waals surface area contributed by atoms with E-state index in [-0.39, 0.29) is 11.6 Å². The van der Waals surface area contributed by atoms with Crippen molar-refractivity contribution in [3.05, 3.63) is 93.5 Å². The van der Waals surface area contributed by atoms with Crippen LogP contribution in [0.1, 0.15) is 26.3 Å². The zero-order valence-corrected chi connectivity index (χ0v) is 17.1. The highest BCUT2D eigenvalue weighted by atomic mass is 32.1. The number of amides is 2. The molecule has 9 heteroatoms. The number of nitro benzene ring substituents is 1. The Morgan fingerprint density at radius 1 is 0.935 bits per heavy atom. The van der Waals surface area contributed by atoms with Crippen molar-refractivity contribution >= 4 is 49.9 Å². The fourth-order valence-electron chi connectivity index (χ4n) is 2.93. The van der Waals surface area contributed by atoms with Crippen molar-refractivity contribution in [1.82, 2.24) is 4.98 Å². The molecular formula is C22H16N4O4S. The molecule has 4 aromatic rings. The second-order valence-electron chi connectivity index (χ2n) is 6.73. The summed E-state index contributed by atoms with van der Waals surface area (Å²) in [5, 5.41) is 16.8. The van der Waals surface area contributed by atoms with Gasteiger partial charge < -0.3 is 5.32 Å². The number of benzene rings is 3. The third-order valence-electron chi connectivity index (χ3n) is 4.59. The molecule has 8 nitrogen and oxygen atoms in total. The molecule has 1 aromatic heterocycles. The third kappa shape index (κ3) is 4.41. The minimum absolute atomic E-state index is 0.0358. The van der Waals surface area contributed by atoms with E-state index in [1.165, 1.54) is 12.1 Å². The van der Waals surface area contributed by atoms with E-state index in [2.05, 4.69) is 15.6 Å². The van der Waals surface area contributed by atoms with Crippen LogP contribution < -0.4 is 10.6 Å². The first kappa shape index (κ1) is 20.2. The standard InChI is InChI=1S/C22H16N4O4S/c1-13-7-8-15(11-18(13)23-20(27)14-5-3-2-4-6-14)21(28)25-22-24-17-10-9-16(26(29)30)12-19(17)31-22/h2-12H,1H3,(H,23,27)(H,24,25,28). The number of nitro groups is 1. The van der Waals surface area contributed by atoms with Crippen molar-refractivity contribution in [3.8, 4) is 0 Å². The van der Waals surface area contributed by atoms with E-state index >= 15 is 0 Å². The Hall–Kier alpha value is -4.11. The quantitative estimate of drug-likeness (QED) is 0.340. The van der Waals surface area contributed by atoms with Crippen LogP contribution in [-0.2, 0) is 0 Å². The number of anilines is 2. The summed E-state index contributed by atoms with van der Waals surface area (Å²) in [6, 6.07) is 18.1. The van der Waals surface area contributed by atoms with Gasteiger partial charge in [-0.3, -0.25) is 25.0 Å². The Labute approximate surface area is 180 Å². The lowest BCUT2D eigenvalue weighted by atomic mass is 10.1. The molecule has 0 aliphatic carbocycles. The molecule has 0 unspecified atom stereocenters. The predicted octanol–water partition coefficient (Wildman–Crippen LogP) is 5.02. The number of nitrogens with zero attached hydrogens (tertiary/aromatic N) is 2. The summed E-state index contributed by atoms with van der Waals surface area (Å²) in [4.78, 5) is 39.9. The third-order valence-corrected chi connectivity index (χ3v) is 5.52. The highest BCUT2D eigenvalue weighted by molar-refractivity contribution is 7.22. The largest absolute Gasteiger partial charge is 0.322 e. The Kier molecular flexibility index (Phi) is 5.42. The van der Waals surface area contributed by atoms with Crippen LogP contribution in [0.2, 0.25) is 0 Å². The first-order valence-corrected chi connectivity index (χ1v) is 10.1. The fourth-order valence-corrected chi connectivity index (χ4v) is 3.83. The summed E-state index contributed by atoms with van der Waals surface area (Å²) in [6.07, 6.45) is 0. The molecule has 31 heavy (non-hydrogen) atoms. The second-order valence-corrected chi connectivity index (χ2v) is 7.76. The van der Waals surface area contributed by atoms with Crippen LogP contribution in [0.5, 0.6) is 0 Å². The number of nitrogens with one attached hydrogen (secondary N) is 2. The van der Waals surface area contributed by atoms with Crippen molar-refractivity contribution in [2.24, 2.45) is 0 Å². The number of rotatable bonds is 5. The highest BCUT2D eigenvalue weighted by Crippen LogP contribution is 2.29. The highest BCUT2D eigenvalue weighted by Gasteiger charge is 2.15. The van der Waals surface area contributed by atoms with E-state index in [4.69, 9.17) is 0 Å². The number of aromatic nitrogens is 1. The number of non-ortho nitro benzene ring substituents is 1. The topological polar surface area (TPSA) is 114 Å². The SMILES string of the molecule is Cc1ccc(C(=O)Nc2nc3ccc([N+](=O)[O-])cc3s2)cc1NC(=O)c1ccccc1. The summed E-state index contributed by atoms with van der Waals surface area (Å²) >= 11 is 1.15. The molecular weight excluding hydrogens is 416 g/mol. The van der Waals surface area contributed by atoms with Gasteiger partial charge in [-0.1, -0.05) is 35.6 Å². The molecule has 0 spiro atoms. The molecule has 0 bridgehead atoms. The average molecular weight is 432 g/mol. The molecule has 2 N–H and O–H groups in total. The van der Waals surface area contributed by atoms with E-state index in [0.717, 1.165) is 16.9 Å². The number of aryl methyl sites for hydroxylation is 1. The maximum atomic E-state index is 12.7. The van der Waals surface area contributed by atoms with Crippen LogP contribution >= 0.6 is 11.3 Å². The second kappa shape index (κ2) is 8.33. The molecule has 0 saturated heterocycles. The van der Waals surface area contributed by atoms with Gasteiger partial charge in [0, 0.05) is 28.9 Å². The Morgan fingerprint density at radius 3 is 2.42 bits per heavy atom. The Bertz CT molecular complexity index is 1320. The summed E-state index contributed by atoms with van der Waals surface area (Å²) in [5.74, 6) is -0.669. The maximum absolute atomic E-state index is 12.7. The zero-order valence-electron chi connectivity index (χ0n) is 16.3.